The summed E-state index contributed by atoms with van der Waals surface area (Å²) in [6, 6.07) is 1.68. The van der Waals surface area contributed by atoms with Crippen LogP contribution in [0.3, 0.4) is 0 Å². The van der Waals surface area contributed by atoms with E-state index in [1.54, 1.807) is 6.07 Å². The number of hydrogen-bond donors (Lipinski definition) is 2. The third kappa shape index (κ3) is 4.55. The van der Waals surface area contributed by atoms with Crippen LogP contribution in [0.2, 0.25) is 5.15 Å². The summed E-state index contributed by atoms with van der Waals surface area (Å²) in [6.45, 7) is 2.63. The van der Waals surface area contributed by atoms with Crippen LogP contribution in [0.15, 0.2) is 11.2 Å². The van der Waals surface area contributed by atoms with Crippen molar-refractivity contribution in [2.75, 3.05) is 18.1 Å². The SMILES string of the molecule is CCC(O)CCNc1cc(Cl)nc(SC)n1. The molecule has 0 aliphatic rings. The maximum absolute atomic E-state index is 9.39. The molecule has 0 aliphatic heterocycles. The Labute approximate surface area is 105 Å². The van der Waals surface area contributed by atoms with Crippen molar-refractivity contribution in [2.45, 2.75) is 31.0 Å². The van der Waals surface area contributed by atoms with E-state index in [9.17, 15) is 5.11 Å². The number of hydrogen-bond acceptors (Lipinski definition) is 5. The first-order valence-corrected chi connectivity index (χ1v) is 6.76. The minimum Gasteiger partial charge on any atom is -0.393 e. The van der Waals surface area contributed by atoms with Crippen molar-refractivity contribution in [3.8, 4) is 0 Å². The van der Waals surface area contributed by atoms with Crippen LogP contribution in [0.4, 0.5) is 5.82 Å². The molecule has 0 spiro atoms. The van der Waals surface area contributed by atoms with Gasteiger partial charge in [-0.2, -0.15) is 0 Å². The average Bonchev–Trinajstić information content (AvgIpc) is 2.28. The Hall–Kier alpha value is -0.520. The van der Waals surface area contributed by atoms with Crippen LogP contribution >= 0.6 is 23.4 Å². The van der Waals surface area contributed by atoms with Gasteiger partial charge in [0.1, 0.15) is 11.0 Å². The van der Waals surface area contributed by atoms with Crippen LogP contribution in [-0.4, -0.2) is 34.0 Å². The first-order chi connectivity index (χ1) is 7.65. The minimum absolute atomic E-state index is 0.259. The molecule has 0 aliphatic carbocycles. The summed E-state index contributed by atoms with van der Waals surface area (Å²) in [5.74, 6) is 0.702. The van der Waals surface area contributed by atoms with Crippen molar-refractivity contribution in [3.63, 3.8) is 0 Å². The summed E-state index contributed by atoms with van der Waals surface area (Å²) in [6.07, 6.45) is 3.11. The summed E-state index contributed by atoms with van der Waals surface area (Å²) < 4.78 is 0. The summed E-state index contributed by atoms with van der Waals surface area (Å²) in [5.41, 5.74) is 0. The molecule has 1 unspecified atom stereocenters. The largest absolute Gasteiger partial charge is 0.393 e. The van der Waals surface area contributed by atoms with E-state index in [1.807, 2.05) is 13.2 Å². The highest BCUT2D eigenvalue weighted by Crippen LogP contribution is 2.17. The Balaban J connectivity index is 2.50. The summed E-state index contributed by atoms with van der Waals surface area (Å²) in [4.78, 5) is 8.29. The van der Waals surface area contributed by atoms with Crippen LogP contribution in [0.5, 0.6) is 0 Å². The lowest BCUT2D eigenvalue weighted by Gasteiger charge is -2.09. The Kier molecular flexibility index (Phi) is 5.87. The van der Waals surface area contributed by atoms with Gasteiger partial charge < -0.3 is 10.4 Å². The second-order valence-electron chi connectivity index (χ2n) is 3.34. The molecule has 16 heavy (non-hydrogen) atoms. The van der Waals surface area contributed by atoms with Crippen molar-refractivity contribution in [3.05, 3.63) is 11.2 Å². The maximum atomic E-state index is 9.39. The molecule has 1 aromatic heterocycles. The number of aliphatic hydroxyl groups is 1. The van der Waals surface area contributed by atoms with Gasteiger partial charge in [0.25, 0.3) is 0 Å². The predicted octanol–water partition coefficient (Wildman–Crippen LogP) is 2.42. The van der Waals surface area contributed by atoms with Crippen molar-refractivity contribution in [1.29, 1.82) is 0 Å². The normalized spacial score (nSPS) is 12.5. The van der Waals surface area contributed by atoms with E-state index in [0.29, 0.717) is 29.1 Å². The van der Waals surface area contributed by atoms with Crippen molar-refractivity contribution >= 4 is 29.2 Å². The van der Waals surface area contributed by atoms with Crippen molar-refractivity contribution in [1.82, 2.24) is 9.97 Å². The minimum atomic E-state index is -0.259. The second kappa shape index (κ2) is 6.93. The molecule has 0 saturated heterocycles. The number of anilines is 1. The van der Waals surface area contributed by atoms with E-state index >= 15 is 0 Å². The quantitative estimate of drug-likeness (QED) is 0.468. The number of aliphatic hydroxyl groups excluding tert-OH is 1. The lowest BCUT2D eigenvalue weighted by atomic mass is 10.2. The standard InChI is InChI=1S/C10H16ClN3OS/c1-3-7(15)4-5-12-9-6-8(11)13-10(14-9)16-2/h6-7,15H,3-5H2,1-2H3,(H,12,13,14). The zero-order chi connectivity index (χ0) is 12.0. The third-order valence-corrected chi connectivity index (χ3v) is 2.85. The molecule has 1 aromatic rings. The summed E-state index contributed by atoms with van der Waals surface area (Å²) in [7, 11) is 0. The molecule has 6 heteroatoms. The predicted molar refractivity (Wildman–Crippen MR) is 68.2 cm³/mol. The average molecular weight is 262 g/mol. The van der Waals surface area contributed by atoms with E-state index in [4.69, 9.17) is 11.6 Å². The number of nitrogens with zero attached hydrogens (tertiary/aromatic N) is 2. The molecule has 2 N–H and O–H groups in total. The third-order valence-electron chi connectivity index (χ3n) is 2.11. The fraction of sp³-hybridized carbons (Fsp3) is 0.600. The summed E-state index contributed by atoms with van der Waals surface area (Å²) in [5, 5.41) is 13.6. The lowest BCUT2D eigenvalue weighted by Crippen LogP contribution is -2.13. The van der Waals surface area contributed by atoms with Gasteiger partial charge >= 0.3 is 0 Å². The van der Waals surface area contributed by atoms with Gasteiger partial charge in [-0.05, 0) is 19.1 Å². The maximum Gasteiger partial charge on any atom is 0.190 e. The van der Waals surface area contributed by atoms with E-state index in [2.05, 4.69) is 15.3 Å². The molecular formula is C10H16ClN3OS. The highest BCUT2D eigenvalue weighted by Gasteiger charge is 2.03. The molecule has 90 valence electrons. The fourth-order valence-corrected chi connectivity index (χ4v) is 1.76. The van der Waals surface area contributed by atoms with Gasteiger partial charge in [0.2, 0.25) is 0 Å². The highest BCUT2D eigenvalue weighted by molar-refractivity contribution is 7.98. The summed E-state index contributed by atoms with van der Waals surface area (Å²) >= 11 is 7.29. The Morgan fingerprint density at radius 2 is 2.31 bits per heavy atom. The Morgan fingerprint density at radius 3 is 2.94 bits per heavy atom. The number of aromatic nitrogens is 2. The van der Waals surface area contributed by atoms with Gasteiger partial charge in [0.15, 0.2) is 5.16 Å². The molecule has 0 bridgehead atoms. The Morgan fingerprint density at radius 1 is 1.56 bits per heavy atom. The molecule has 0 radical (unpaired) electrons. The van der Waals surface area contributed by atoms with E-state index < -0.39 is 0 Å². The molecule has 1 atom stereocenters. The van der Waals surface area contributed by atoms with Gasteiger partial charge in [-0.15, -0.1) is 0 Å². The fourth-order valence-electron chi connectivity index (χ4n) is 1.15. The first kappa shape index (κ1) is 13.5. The number of halogens is 1. The van der Waals surface area contributed by atoms with E-state index in [1.165, 1.54) is 11.8 Å². The topological polar surface area (TPSA) is 58.0 Å². The molecule has 1 rings (SSSR count). The van der Waals surface area contributed by atoms with Gasteiger partial charge in [-0.3, -0.25) is 0 Å². The molecular weight excluding hydrogens is 246 g/mol. The van der Waals surface area contributed by atoms with Crippen LogP contribution in [0, 0.1) is 0 Å². The van der Waals surface area contributed by atoms with Gasteiger partial charge in [0.05, 0.1) is 6.10 Å². The Bertz CT molecular complexity index is 338. The van der Waals surface area contributed by atoms with Crippen molar-refractivity contribution in [2.24, 2.45) is 0 Å². The molecule has 0 saturated carbocycles. The number of rotatable bonds is 6. The molecule has 0 aromatic carbocycles. The van der Waals surface area contributed by atoms with Crippen LogP contribution in [0.1, 0.15) is 19.8 Å². The number of thioether (sulfide) groups is 1. The molecule has 0 amide bonds. The zero-order valence-corrected chi connectivity index (χ0v) is 11.0. The van der Waals surface area contributed by atoms with Crippen LogP contribution in [-0.2, 0) is 0 Å². The molecule has 1 heterocycles. The van der Waals surface area contributed by atoms with Gasteiger partial charge in [-0.25, -0.2) is 9.97 Å². The van der Waals surface area contributed by atoms with E-state index in [0.717, 1.165) is 6.42 Å². The first-order valence-electron chi connectivity index (χ1n) is 5.16. The van der Waals surface area contributed by atoms with Crippen LogP contribution in [0.25, 0.3) is 0 Å². The second-order valence-corrected chi connectivity index (χ2v) is 4.50. The van der Waals surface area contributed by atoms with Crippen molar-refractivity contribution < 1.29 is 5.11 Å². The monoisotopic (exact) mass is 261 g/mol. The van der Waals surface area contributed by atoms with E-state index in [-0.39, 0.29) is 6.10 Å². The molecule has 0 fully saturated rings. The highest BCUT2D eigenvalue weighted by atomic mass is 35.5. The van der Waals surface area contributed by atoms with Crippen LogP contribution < -0.4 is 5.32 Å². The smallest absolute Gasteiger partial charge is 0.190 e. The van der Waals surface area contributed by atoms with Gasteiger partial charge in [-0.1, -0.05) is 30.3 Å². The lowest BCUT2D eigenvalue weighted by molar-refractivity contribution is 0.164. The molecule has 4 nitrogen and oxygen atoms in total. The zero-order valence-electron chi connectivity index (χ0n) is 9.40. The van der Waals surface area contributed by atoms with Gasteiger partial charge in [0, 0.05) is 12.6 Å². The number of nitrogens with one attached hydrogen (secondary N) is 1.